The summed E-state index contributed by atoms with van der Waals surface area (Å²) in [5.74, 6) is 0.710. The van der Waals surface area contributed by atoms with Crippen LogP contribution < -0.4 is 0 Å². The zero-order valence-electron chi connectivity index (χ0n) is 10.2. The lowest BCUT2D eigenvalue weighted by Gasteiger charge is -2.22. The highest BCUT2D eigenvalue weighted by Crippen LogP contribution is 2.44. The Balaban J connectivity index is 2.25. The summed E-state index contributed by atoms with van der Waals surface area (Å²) >= 11 is 0. The monoisotopic (exact) mass is 214 g/mol. The molecule has 2 aromatic rings. The highest BCUT2D eigenvalue weighted by Gasteiger charge is 2.31. The van der Waals surface area contributed by atoms with Gasteiger partial charge in [-0.1, -0.05) is 20.8 Å². The van der Waals surface area contributed by atoms with Crippen LogP contribution in [0.2, 0.25) is 0 Å². The number of fused-ring (bicyclic) bond motifs is 1. The molecule has 0 aromatic carbocycles. The van der Waals surface area contributed by atoms with Crippen molar-refractivity contribution < 1.29 is 0 Å². The lowest BCUT2D eigenvalue weighted by molar-refractivity contribution is 0.579. The van der Waals surface area contributed by atoms with Crippen LogP contribution in [-0.4, -0.2) is 9.97 Å². The Labute approximate surface area is 96.1 Å². The number of aromatic nitrogens is 2. The Morgan fingerprint density at radius 3 is 2.69 bits per heavy atom. The van der Waals surface area contributed by atoms with Crippen LogP contribution in [0.3, 0.4) is 0 Å². The van der Waals surface area contributed by atoms with E-state index in [0.29, 0.717) is 5.92 Å². The molecule has 1 fully saturated rings. The first-order chi connectivity index (χ1) is 7.55. The zero-order chi connectivity index (χ0) is 11.3. The molecule has 84 valence electrons. The van der Waals surface area contributed by atoms with E-state index in [1.807, 2.05) is 6.20 Å². The number of rotatable bonds is 1. The molecule has 0 aliphatic heterocycles. The maximum atomic E-state index is 4.81. The van der Waals surface area contributed by atoms with E-state index >= 15 is 0 Å². The minimum atomic E-state index is 0.191. The summed E-state index contributed by atoms with van der Waals surface area (Å²) in [4.78, 5) is 8.02. The lowest BCUT2D eigenvalue weighted by atomic mass is 9.84. The van der Waals surface area contributed by atoms with Gasteiger partial charge in [-0.25, -0.2) is 4.98 Å². The second kappa shape index (κ2) is 3.09. The van der Waals surface area contributed by atoms with E-state index in [-0.39, 0.29) is 5.41 Å². The van der Waals surface area contributed by atoms with Gasteiger partial charge in [0.25, 0.3) is 0 Å². The van der Waals surface area contributed by atoms with E-state index in [0.717, 1.165) is 5.65 Å². The number of pyridine rings is 1. The fraction of sp³-hybridized carbons (Fsp3) is 0.500. The maximum Gasteiger partial charge on any atom is 0.137 e. The molecule has 1 aliphatic rings. The Hall–Kier alpha value is -1.31. The third-order valence-electron chi connectivity index (χ3n) is 3.34. The van der Waals surface area contributed by atoms with E-state index in [1.54, 1.807) is 0 Å². The number of hydrogen-bond donors (Lipinski definition) is 1. The average Bonchev–Trinajstić information content (AvgIpc) is 2.94. The third-order valence-corrected chi connectivity index (χ3v) is 3.34. The number of hydrogen-bond acceptors (Lipinski definition) is 1. The van der Waals surface area contributed by atoms with Gasteiger partial charge in [-0.05, 0) is 36.0 Å². The van der Waals surface area contributed by atoms with Crippen molar-refractivity contribution in [2.75, 3.05) is 0 Å². The van der Waals surface area contributed by atoms with Crippen molar-refractivity contribution in [3.05, 3.63) is 29.6 Å². The number of nitrogens with one attached hydrogen (secondary N) is 1. The van der Waals surface area contributed by atoms with E-state index in [1.165, 1.54) is 29.5 Å². The van der Waals surface area contributed by atoms with Gasteiger partial charge in [-0.2, -0.15) is 0 Å². The van der Waals surface area contributed by atoms with E-state index in [9.17, 15) is 0 Å². The Morgan fingerprint density at radius 2 is 2.06 bits per heavy atom. The molecule has 16 heavy (non-hydrogen) atoms. The molecule has 1 aliphatic carbocycles. The van der Waals surface area contributed by atoms with Crippen LogP contribution >= 0.6 is 0 Å². The molecule has 0 spiro atoms. The summed E-state index contributed by atoms with van der Waals surface area (Å²) in [6.45, 7) is 6.82. The molecular weight excluding hydrogens is 196 g/mol. The van der Waals surface area contributed by atoms with Crippen LogP contribution in [0.25, 0.3) is 11.0 Å². The summed E-state index contributed by atoms with van der Waals surface area (Å²) < 4.78 is 0. The summed E-state index contributed by atoms with van der Waals surface area (Å²) in [7, 11) is 0. The quantitative estimate of drug-likeness (QED) is 0.769. The molecular formula is C14H18N2. The largest absolute Gasteiger partial charge is 0.346 e. The Morgan fingerprint density at radius 1 is 1.31 bits per heavy atom. The molecule has 1 saturated carbocycles. The first-order valence-electron chi connectivity index (χ1n) is 6.04. The number of H-pyrrole nitrogens is 1. The van der Waals surface area contributed by atoms with Gasteiger partial charge < -0.3 is 4.98 Å². The average molecular weight is 214 g/mol. The van der Waals surface area contributed by atoms with Crippen LogP contribution in [-0.2, 0) is 5.41 Å². The highest BCUT2D eigenvalue weighted by molar-refractivity contribution is 5.77. The summed E-state index contributed by atoms with van der Waals surface area (Å²) in [5, 5.41) is 1.23. The second-order valence-electron chi connectivity index (χ2n) is 5.86. The van der Waals surface area contributed by atoms with Gasteiger partial charge in [0.05, 0.1) is 0 Å². The van der Waals surface area contributed by atoms with Crippen molar-refractivity contribution in [2.24, 2.45) is 0 Å². The number of aromatic amines is 1. The molecule has 0 saturated heterocycles. The zero-order valence-corrected chi connectivity index (χ0v) is 10.2. The van der Waals surface area contributed by atoms with E-state index in [4.69, 9.17) is 4.98 Å². The van der Waals surface area contributed by atoms with Crippen molar-refractivity contribution in [1.29, 1.82) is 0 Å². The minimum absolute atomic E-state index is 0.191. The number of nitrogens with zero attached hydrogens (tertiary/aromatic N) is 1. The molecule has 0 unspecified atom stereocenters. The summed E-state index contributed by atoms with van der Waals surface area (Å²) in [6.07, 6.45) is 4.59. The van der Waals surface area contributed by atoms with Gasteiger partial charge in [0.2, 0.25) is 0 Å². The summed E-state index contributed by atoms with van der Waals surface area (Å²) in [6, 6.07) is 4.42. The molecule has 1 N–H and O–H groups in total. The Kier molecular flexibility index (Phi) is 1.91. The third kappa shape index (κ3) is 1.53. The van der Waals surface area contributed by atoms with Crippen molar-refractivity contribution in [3.63, 3.8) is 0 Å². The van der Waals surface area contributed by atoms with Gasteiger partial charge in [0.15, 0.2) is 0 Å². The van der Waals surface area contributed by atoms with Gasteiger partial charge in [-0.3, -0.25) is 0 Å². The topological polar surface area (TPSA) is 28.7 Å². The molecule has 2 heteroatoms. The SMILES string of the molecule is CC(C)(C)c1cc2cc[nH]c2nc1C1CC1. The normalized spacial score (nSPS) is 16.9. The fourth-order valence-electron chi connectivity index (χ4n) is 2.26. The van der Waals surface area contributed by atoms with Crippen LogP contribution in [0.1, 0.15) is 50.8 Å². The van der Waals surface area contributed by atoms with Crippen molar-refractivity contribution in [2.45, 2.75) is 44.9 Å². The van der Waals surface area contributed by atoms with Crippen LogP contribution in [0.4, 0.5) is 0 Å². The van der Waals surface area contributed by atoms with E-state index < -0.39 is 0 Å². The lowest BCUT2D eigenvalue weighted by Crippen LogP contribution is -2.15. The van der Waals surface area contributed by atoms with Crippen molar-refractivity contribution >= 4 is 11.0 Å². The summed E-state index contributed by atoms with van der Waals surface area (Å²) in [5.41, 5.74) is 3.97. The molecule has 0 radical (unpaired) electrons. The molecule has 0 amide bonds. The Bertz CT molecular complexity index is 527. The molecule has 3 rings (SSSR count). The molecule has 2 heterocycles. The van der Waals surface area contributed by atoms with Crippen LogP contribution in [0.15, 0.2) is 18.3 Å². The second-order valence-corrected chi connectivity index (χ2v) is 5.86. The van der Waals surface area contributed by atoms with Gasteiger partial charge in [0.1, 0.15) is 5.65 Å². The molecule has 2 nitrogen and oxygen atoms in total. The van der Waals surface area contributed by atoms with Gasteiger partial charge in [0, 0.05) is 23.2 Å². The van der Waals surface area contributed by atoms with Crippen molar-refractivity contribution in [3.8, 4) is 0 Å². The predicted octanol–water partition coefficient (Wildman–Crippen LogP) is 3.74. The molecule has 0 bridgehead atoms. The smallest absolute Gasteiger partial charge is 0.137 e. The molecule has 0 atom stereocenters. The minimum Gasteiger partial charge on any atom is -0.346 e. The fourth-order valence-corrected chi connectivity index (χ4v) is 2.26. The standard InChI is InChI=1S/C14H18N2/c1-14(2,3)11-8-10-6-7-15-13(10)16-12(11)9-4-5-9/h6-9H,4-5H2,1-3H3,(H,15,16). The first-order valence-corrected chi connectivity index (χ1v) is 6.04. The predicted molar refractivity (Wildman–Crippen MR) is 66.8 cm³/mol. The van der Waals surface area contributed by atoms with Gasteiger partial charge >= 0.3 is 0 Å². The van der Waals surface area contributed by atoms with E-state index in [2.05, 4.69) is 37.9 Å². The van der Waals surface area contributed by atoms with Gasteiger partial charge in [-0.15, -0.1) is 0 Å². The van der Waals surface area contributed by atoms with Crippen LogP contribution in [0.5, 0.6) is 0 Å². The molecule has 2 aromatic heterocycles. The van der Waals surface area contributed by atoms with Crippen molar-refractivity contribution in [1.82, 2.24) is 9.97 Å². The highest BCUT2D eigenvalue weighted by atomic mass is 14.9. The maximum absolute atomic E-state index is 4.81. The first kappa shape index (κ1) is 9.88. The van der Waals surface area contributed by atoms with Crippen LogP contribution in [0, 0.1) is 0 Å².